The highest BCUT2D eigenvalue weighted by Crippen LogP contribution is 2.34. The van der Waals surface area contributed by atoms with Crippen LogP contribution in [-0.2, 0) is 6.42 Å². The van der Waals surface area contributed by atoms with Gasteiger partial charge in [0.05, 0.1) is 12.4 Å². The second-order valence-corrected chi connectivity index (χ2v) is 11.4. The van der Waals surface area contributed by atoms with Crippen LogP contribution in [0.4, 0.5) is 10.5 Å². The maximum Gasteiger partial charge on any atom is 0.322 e. The molecule has 0 bridgehead atoms. The van der Waals surface area contributed by atoms with Crippen molar-refractivity contribution in [3.63, 3.8) is 0 Å². The van der Waals surface area contributed by atoms with Crippen LogP contribution in [0.2, 0.25) is 0 Å². The number of aryl methyl sites for hydroxylation is 1. The van der Waals surface area contributed by atoms with Crippen LogP contribution in [0, 0.1) is 5.92 Å². The molecule has 3 atom stereocenters. The van der Waals surface area contributed by atoms with Crippen LogP contribution in [0.15, 0.2) is 52.7 Å². The number of benzene rings is 1. The van der Waals surface area contributed by atoms with E-state index in [1.54, 1.807) is 0 Å². The summed E-state index contributed by atoms with van der Waals surface area (Å²) in [5.74, 6) is 0.393. The number of piperazine rings is 1. The predicted molar refractivity (Wildman–Crippen MR) is 156 cm³/mol. The second-order valence-electron chi connectivity index (χ2n) is 11.4. The van der Waals surface area contributed by atoms with Gasteiger partial charge in [0.2, 0.25) is 0 Å². The lowest BCUT2D eigenvalue weighted by atomic mass is 9.81. The first-order valence-corrected chi connectivity index (χ1v) is 14.5. The van der Waals surface area contributed by atoms with E-state index in [9.17, 15) is 4.79 Å². The summed E-state index contributed by atoms with van der Waals surface area (Å²) in [7, 11) is 2.20. The molecule has 0 aliphatic carbocycles. The quantitative estimate of drug-likeness (QED) is 0.381. The van der Waals surface area contributed by atoms with E-state index in [2.05, 4.69) is 70.2 Å². The normalized spacial score (nSPS) is 27.2. The minimum atomic E-state index is -0.0214. The molecule has 1 fully saturated rings. The molecule has 3 N–H and O–H groups in total. The highest BCUT2D eigenvalue weighted by atomic mass is 16.2. The molecule has 5 rings (SSSR count). The first-order chi connectivity index (χ1) is 18.6. The zero-order chi connectivity index (χ0) is 26.3. The topological polar surface area (TPSA) is 75.2 Å². The molecule has 0 radical (unpaired) electrons. The number of nitrogens with one attached hydrogen (secondary N) is 3. The van der Waals surface area contributed by atoms with Gasteiger partial charge in [-0.1, -0.05) is 23.8 Å². The Balaban J connectivity index is 1.10. The summed E-state index contributed by atoms with van der Waals surface area (Å²) in [5.41, 5.74) is 4.90. The first-order valence-electron chi connectivity index (χ1n) is 14.5. The van der Waals surface area contributed by atoms with Gasteiger partial charge in [-0.25, -0.2) is 4.79 Å². The van der Waals surface area contributed by atoms with Crippen LogP contribution in [-0.4, -0.2) is 98.6 Å². The monoisotopic (exact) mass is 519 g/mol. The standard InChI is InChI=1S/C30H45N7O/c1-23-21-32-27-9-12-31-22-33-29(28(23)27)25-10-14-37(15-11-25)30(38)34-26-8-5-7-24(20-26)6-3-4-13-36-18-16-35(2)17-19-36/h5,7-8,10,20-22,27-29,32H,3-4,6,9,11-19H2,1-2H3,(H,31,33)(H,34,38). The Morgan fingerprint density at radius 1 is 1.16 bits per heavy atom. The molecular weight excluding hydrogens is 474 g/mol. The molecule has 2 amide bonds. The molecule has 206 valence electrons. The number of anilines is 1. The number of amides is 2. The van der Waals surface area contributed by atoms with Crippen LogP contribution in [0.25, 0.3) is 0 Å². The van der Waals surface area contributed by atoms with E-state index in [1.165, 1.54) is 62.3 Å². The third-order valence-electron chi connectivity index (χ3n) is 8.63. The van der Waals surface area contributed by atoms with Crippen molar-refractivity contribution < 1.29 is 4.79 Å². The summed E-state index contributed by atoms with van der Waals surface area (Å²) in [6.07, 6.45) is 11.7. The smallest absolute Gasteiger partial charge is 0.322 e. The lowest BCUT2D eigenvalue weighted by Gasteiger charge is -2.34. The maximum atomic E-state index is 13.1. The molecule has 0 spiro atoms. The van der Waals surface area contributed by atoms with Gasteiger partial charge in [-0.15, -0.1) is 0 Å². The summed E-state index contributed by atoms with van der Waals surface area (Å²) < 4.78 is 0. The highest BCUT2D eigenvalue weighted by molar-refractivity contribution is 5.89. The maximum absolute atomic E-state index is 13.1. The Kier molecular flexibility index (Phi) is 9.02. The average Bonchev–Trinajstić information content (AvgIpc) is 3.27. The molecule has 0 aromatic heterocycles. The van der Waals surface area contributed by atoms with Gasteiger partial charge in [-0.05, 0) is 82.1 Å². The van der Waals surface area contributed by atoms with Crippen LogP contribution in [0.1, 0.15) is 38.2 Å². The number of nitrogens with zero attached hydrogens (tertiary/aromatic N) is 4. The van der Waals surface area contributed by atoms with E-state index in [4.69, 9.17) is 4.99 Å². The summed E-state index contributed by atoms with van der Waals surface area (Å²) in [6.45, 7) is 10.4. The van der Waals surface area contributed by atoms with Crippen molar-refractivity contribution >= 4 is 18.1 Å². The summed E-state index contributed by atoms with van der Waals surface area (Å²) in [4.78, 5) is 24.9. The van der Waals surface area contributed by atoms with Gasteiger partial charge < -0.3 is 30.7 Å². The molecule has 1 saturated heterocycles. The molecule has 1 aromatic rings. The number of hydrogen-bond acceptors (Lipinski definition) is 6. The van der Waals surface area contributed by atoms with Crippen LogP contribution >= 0.6 is 0 Å². The number of likely N-dealkylation sites (N-methyl/N-ethyl adjacent to an activating group) is 1. The zero-order valence-corrected chi connectivity index (χ0v) is 23.2. The number of urea groups is 1. The number of aliphatic imine (C=N–C) groups is 1. The summed E-state index contributed by atoms with van der Waals surface area (Å²) in [5, 5.41) is 10.0. The van der Waals surface area contributed by atoms with Crippen molar-refractivity contribution in [1.82, 2.24) is 25.3 Å². The van der Waals surface area contributed by atoms with Crippen LogP contribution < -0.4 is 16.0 Å². The van der Waals surface area contributed by atoms with E-state index in [-0.39, 0.29) is 12.1 Å². The van der Waals surface area contributed by atoms with Gasteiger partial charge in [-0.3, -0.25) is 4.99 Å². The molecule has 3 unspecified atom stereocenters. The number of hydrogen-bond donors (Lipinski definition) is 3. The van der Waals surface area contributed by atoms with Crippen molar-refractivity contribution in [2.24, 2.45) is 10.9 Å². The van der Waals surface area contributed by atoms with Crippen molar-refractivity contribution in [3.05, 3.63) is 53.3 Å². The fourth-order valence-electron chi connectivity index (χ4n) is 6.22. The van der Waals surface area contributed by atoms with Gasteiger partial charge in [0.1, 0.15) is 0 Å². The van der Waals surface area contributed by atoms with E-state index >= 15 is 0 Å². The van der Waals surface area contributed by atoms with Crippen molar-refractivity contribution in [3.8, 4) is 0 Å². The zero-order valence-electron chi connectivity index (χ0n) is 23.2. The number of carbonyl (C=O) groups excluding carboxylic acids is 1. The Labute approximate surface area is 228 Å². The fraction of sp³-hybridized carbons (Fsp3) is 0.600. The second kappa shape index (κ2) is 12.8. The van der Waals surface area contributed by atoms with Crippen LogP contribution in [0.3, 0.4) is 0 Å². The molecule has 0 saturated carbocycles. The number of carbonyl (C=O) groups is 1. The van der Waals surface area contributed by atoms with E-state index < -0.39 is 0 Å². The number of fused-ring (bicyclic) bond motifs is 1. The minimum Gasteiger partial charge on any atom is -0.387 e. The predicted octanol–water partition coefficient (Wildman–Crippen LogP) is 3.30. The molecule has 8 nitrogen and oxygen atoms in total. The van der Waals surface area contributed by atoms with E-state index in [1.807, 2.05) is 17.3 Å². The Hall–Kier alpha value is -2.84. The molecule has 8 heteroatoms. The fourth-order valence-corrected chi connectivity index (χ4v) is 6.22. The Bertz CT molecular complexity index is 1040. The van der Waals surface area contributed by atoms with Crippen molar-refractivity contribution in [2.45, 2.75) is 51.1 Å². The third kappa shape index (κ3) is 6.77. The lowest BCUT2D eigenvalue weighted by Crippen LogP contribution is -2.44. The van der Waals surface area contributed by atoms with E-state index in [0.717, 1.165) is 38.0 Å². The van der Waals surface area contributed by atoms with Gasteiger partial charge in [0.25, 0.3) is 0 Å². The average molecular weight is 520 g/mol. The highest BCUT2D eigenvalue weighted by Gasteiger charge is 2.37. The largest absolute Gasteiger partial charge is 0.387 e. The van der Waals surface area contributed by atoms with Crippen molar-refractivity contribution in [1.29, 1.82) is 0 Å². The number of rotatable bonds is 7. The molecule has 1 aromatic carbocycles. The SMILES string of the molecule is CC1=CNC2CCN/C=N\C(C3=CCN(C(=O)Nc4cccc(CCCCN5CCN(C)CC5)c4)CC3)C12. The van der Waals surface area contributed by atoms with Crippen molar-refractivity contribution in [2.75, 3.05) is 64.7 Å². The molecule has 4 heterocycles. The summed E-state index contributed by atoms with van der Waals surface area (Å²) in [6, 6.07) is 8.90. The van der Waals surface area contributed by atoms with Gasteiger partial charge in [0, 0.05) is 63.5 Å². The molecule has 4 aliphatic heterocycles. The Morgan fingerprint density at radius 2 is 2.03 bits per heavy atom. The molecular formula is C30H45N7O. The van der Waals surface area contributed by atoms with Crippen LogP contribution in [0.5, 0.6) is 0 Å². The Morgan fingerprint density at radius 3 is 2.84 bits per heavy atom. The lowest BCUT2D eigenvalue weighted by molar-refractivity contribution is 0.152. The molecule has 38 heavy (non-hydrogen) atoms. The van der Waals surface area contributed by atoms with Gasteiger partial charge in [-0.2, -0.15) is 0 Å². The third-order valence-corrected chi connectivity index (χ3v) is 8.63. The minimum absolute atomic E-state index is 0.0214. The summed E-state index contributed by atoms with van der Waals surface area (Å²) >= 11 is 0. The number of unbranched alkanes of at least 4 members (excludes halogenated alkanes) is 1. The van der Waals surface area contributed by atoms with Gasteiger partial charge in [0.15, 0.2) is 0 Å². The van der Waals surface area contributed by atoms with Gasteiger partial charge >= 0.3 is 6.03 Å². The molecule has 4 aliphatic rings. The first kappa shape index (κ1) is 26.8. The van der Waals surface area contributed by atoms with E-state index in [0.29, 0.717) is 18.5 Å².